The van der Waals surface area contributed by atoms with E-state index < -0.39 is 10.8 Å². The van der Waals surface area contributed by atoms with Crippen LogP contribution >= 0.6 is 11.8 Å². The van der Waals surface area contributed by atoms with Crippen molar-refractivity contribution in [2.75, 3.05) is 13.2 Å². The molecule has 0 saturated carbocycles. The highest BCUT2D eigenvalue weighted by Gasteiger charge is 2.35. The van der Waals surface area contributed by atoms with Gasteiger partial charge < -0.3 is 9.47 Å². The number of carbonyl (C=O) groups excluding carboxylic acids is 2. The molecule has 0 radical (unpaired) electrons. The number of ether oxygens (including phenoxy) is 2. The van der Waals surface area contributed by atoms with Crippen molar-refractivity contribution in [2.45, 2.75) is 13.5 Å². The molecule has 1 saturated heterocycles. The third-order valence-corrected chi connectivity index (χ3v) is 6.07. The van der Waals surface area contributed by atoms with Gasteiger partial charge in [-0.25, -0.2) is 0 Å². The van der Waals surface area contributed by atoms with Crippen LogP contribution in [0.3, 0.4) is 0 Å². The number of nitro groups is 1. The van der Waals surface area contributed by atoms with Gasteiger partial charge in [-0.15, -0.1) is 0 Å². The summed E-state index contributed by atoms with van der Waals surface area (Å²) in [7, 11) is 0. The van der Waals surface area contributed by atoms with Gasteiger partial charge in [0.15, 0.2) is 0 Å². The first kappa shape index (κ1) is 24.0. The number of hydrogen-bond acceptors (Lipinski definition) is 7. The fourth-order valence-corrected chi connectivity index (χ4v) is 4.18. The molecule has 4 rings (SSSR count). The largest absolute Gasteiger partial charge is 0.490 e. The highest BCUT2D eigenvalue weighted by molar-refractivity contribution is 8.18. The zero-order valence-corrected chi connectivity index (χ0v) is 19.7. The number of rotatable bonds is 9. The first-order chi connectivity index (χ1) is 16.9. The van der Waals surface area contributed by atoms with Crippen molar-refractivity contribution in [2.24, 2.45) is 0 Å². The monoisotopic (exact) mass is 490 g/mol. The Hall–Kier alpha value is -4.11. The number of hydrogen-bond donors (Lipinski definition) is 0. The predicted molar refractivity (Wildman–Crippen MR) is 133 cm³/mol. The van der Waals surface area contributed by atoms with Gasteiger partial charge in [0.2, 0.25) is 0 Å². The Bertz CT molecular complexity index is 1270. The minimum absolute atomic E-state index is 0.0458. The summed E-state index contributed by atoms with van der Waals surface area (Å²) in [4.78, 5) is 37.0. The lowest BCUT2D eigenvalue weighted by Crippen LogP contribution is -2.27. The molecule has 0 spiro atoms. The Kier molecular flexibility index (Phi) is 7.47. The molecule has 2 amide bonds. The molecule has 3 aromatic carbocycles. The van der Waals surface area contributed by atoms with Crippen LogP contribution in [0.15, 0.2) is 77.7 Å². The highest BCUT2D eigenvalue weighted by atomic mass is 32.2. The van der Waals surface area contributed by atoms with Crippen molar-refractivity contribution in [1.82, 2.24) is 4.90 Å². The summed E-state index contributed by atoms with van der Waals surface area (Å²) in [5.41, 5.74) is 2.46. The SMILES string of the molecule is Cc1ccc(OCCOc2cccc(/C=C3\SC(=O)N(Cc4ccc([N+](=O)[O-])cc4)C3=O)c2)cc1. The second-order valence-corrected chi connectivity index (χ2v) is 8.77. The summed E-state index contributed by atoms with van der Waals surface area (Å²) < 4.78 is 11.4. The van der Waals surface area contributed by atoms with Crippen molar-refractivity contribution in [3.8, 4) is 11.5 Å². The average Bonchev–Trinajstić information content (AvgIpc) is 3.11. The molecule has 0 N–H and O–H groups in total. The van der Waals surface area contributed by atoms with Gasteiger partial charge in [-0.1, -0.05) is 42.0 Å². The van der Waals surface area contributed by atoms with E-state index in [-0.39, 0.29) is 17.5 Å². The number of carbonyl (C=O) groups is 2. The smallest absolute Gasteiger partial charge is 0.293 e. The number of thioether (sulfide) groups is 1. The molecule has 1 aliphatic heterocycles. The van der Waals surface area contributed by atoms with E-state index in [1.165, 1.54) is 24.3 Å². The van der Waals surface area contributed by atoms with E-state index in [1.807, 2.05) is 49.4 Å². The quantitative estimate of drug-likeness (QED) is 0.167. The minimum Gasteiger partial charge on any atom is -0.490 e. The minimum atomic E-state index is -0.498. The van der Waals surface area contributed by atoms with Crippen LogP contribution in [0.4, 0.5) is 10.5 Å². The summed E-state index contributed by atoms with van der Waals surface area (Å²) in [5, 5.41) is 10.4. The molecule has 0 unspecified atom stereocenters. The van der Waals surface area contributed by atoms with E-state index >= 15 is 0 Å². The third-order valence-electron chi connectivity index (χ3n) is 5.16. The van der Waals surface area contributed by atoms with Gasteiger partial charge in [0, 0.05) is 12.1 Å². The average molecular weight is 491 g/mol. The topological polar surface area (TPSA) is 99.0 Å². The van der Waals surface area contributed by atoms with E-state index in [9.17, 15) is 19.7 Å². The fourth-order valence-electron chi connectivity index (χ4n) is 3.34. The highest BCUT2D eigenvalue weighted by Crippen LogP contribution is 2.34. The zero-order chi connectivity index (χ0) is 24.8. The standard InChI is InChI=1S/C26H22N2O6S/c1-18-5-11-22(12-6-18)33-13-14-34-23-4-2-3-20(15-23)16-24-25(29)27(26(30)35-24)17-19-7-9-21(10-8-19)28(31)32/h2-12,15-16H,13-14,17H2,1H3/b24-16-. The summed E-state index contributed by atoms with van der Waals surface area (Å²) in [6, 6.07) is 20.8. The first-order valence-corrected chi connectivity index (χ1v) is 11.6. The van der Waals surface area contributed by atoms with Gasteiger partial charge in [0.1, 0.15) is 24.7 Å². The molecular formula is C26H22N2O6S. The Morgan fingerprint density at radius 2 is 1.63 bits per heavy atom. The van der Waals surface area contributed by atoms with Crippen molar-refractivity contribution >= 4 is 34.7 Å². The fraction of sp³-hybridized carbons (Fsp3) is 0.154. The van der Waals surface area contributed by atoms with E-state index in [0.29, 0.717) is 29.4 Å². The van der Waals surface area contributed by atoms with Crippen LogP contribution in [-0.4, -0.2) is 34.2 Å². The molecule has 1 heterocycles. The number of non-ortho nitro benzene ring substituents is 1. The van der Waals surface area contributed by atoms with Gasteiger partial charge in [-0.3, -0.25) is 24.6 Å². The Morgan fingerprint density at radius 3 is 2.31 bits per heavy atom. The van der Waals surface area contributed by atoms with Gasteiger partial charge >= 0.3 is 0 Å². The molecule has 1 aliphatic rings. The lowest BCUT2D eigenvalue weighted by molar-refractivity contribution is -0.384. The lowest BCUT2D eigenvalue weighted by atomic mass is 10.2. The number of benzene rings is 3. The Labute approximate surface area is 206 Å². The summed E-state index contributed by atoms with van der Waals surface area (Å²) >= 11 is 0.859. The van der Waals surface area contributed by atoms with E-state index in [1.54, 1.807) is 12.1 Å². The maximum atomic E-state index is 12.8. The van der Waals surface area contributed by atoms with Crippen molar-refractivity contribution < 1.29 is 24.0 Å². The molecule has 3 aromatic rings. The van der Waals surface area contributed by atoms with E-state index in [0.717, 1.165) is 33.5 Å². The van der Waals surface area contributed by atoms with Crippen molar-refractivity contribution in [3.63, 3.8) is 0 Å². The zero-order valence-electron chi connectivity index (χ0n) is 18.9. The van der Waals surface area contributed by atoms with Gasteiger partial charge in [-0.2, -0.15) is 0 Å². The van der Waals surface area contributed by atoms with Crippen LogP contribution in [0.25, 0.3) is 6.08 Å². The number of amides is 2. The van der Waals surface area contributed by atoms with Gasteiger partial charge in [0.05, 0.1) is 16.4 Å². The second-order valence-electron chi connectivity index (χ2n) is 7.77. The number of nitrogens with zero attached hydrogens (tertiary/aromatic N) is 2. The molecule has 0 bridgehead atoms. The molecule has 0 atom stereocenters. The molecule has 0 aromatic heterocycles. The molecular weight excluding hydrogens is 468 g/mol. The second kappa shape index (κ2) is 10.9. The van der Waals surface area contributed by atoms with Crippen LogP contribution in [-0.2, 0) is 11.3 Å². The molecule has 8 nitrogen and oxygen atoms in total. The van der Waals surface area contributed by atoms with E-state index in [4.69, 9.17) is 9.47 Å². The summed E-state index contributed by atoms with van der Waals surface area (Å²) in [6.45, 7) is 2.79. The van der Waals surface area contributed by atoms with Crippen molar-refractivity contribution in [1.29, 1.82) is 0 Å². The number of imide groups is 1. The van der Waals surface area contributed by atoms with Crippen molar-refractivity contribution in [3.05, 3.63) is 105 Å². The molecule has 35 heavy (non-hydrogen) atoms. The van der Waals surface area contributed by atoms with Crippen LogP contribution in [0, 0.1) is 17.0 Å². The number of aryl methyl sites for hydroxylation is 1. The van der Waals surface area contributed by atoms with Crippen LogP contribution in [0.2, 0.25) is 0 Å². The molecule has 9 heteroatoms. The molecule has 178 valence electrons. The summed E-state index contributed by atoms with van der Waals surface area (Å²) in [6.07, 6.45) is 1.65. The first-order valence-electron chi connectivity index (χ1n) is 10.8. The van der Waals surface area contributed by atoms with E-state index in [2.05, 4.69) is 0 Å². The van der Waals surface area contributed by atoms with Gasteiger partial charge in [0.25, 0.3) is 16.8 Å². The van der Waals surface area contributed by atoms with Crippen LogP contribution in [0.5, 0.6) is 11.5 Å². The lowest BCUT2D eigenvalue weighted by Gasteiger charge is -2.12. The third kappa shape index (κ3) is 6.27. The Balaban J connectivity index is 1.35. The predicted octanol–water partition coefficient (Wildman–Crippen LogP) is 5.60. The molecule has 0 aliphatic carbocycles. The Morgan fingerprint density at radius 1 is 0.943 bits per heavy atom. The number of nitro benzene ring substituents is 1. The normalized spacial score (nSPS) is 14.4. The summed E-state index contributed by atoms with van der Waals surface area (Å²) in [5.74, 6) is 0.991. The molecule has 1 fully saturated rings. The maximum Gasteiger partial charge on any atom is 0.293 e. The van der Waals surface area contributed by atoms with Crippen LogP contribution < -0.4 is 9.47 Å². The maximum absolute atomic E-state index is 12.8. The van der Waals surface area contributed by atoms with Crippen LogP contribution in [0.1, 0.15) is 16.7 Å². The van der Waals surface area contributed by atoms with Gasteiger partial charge in [-0.05, 0) is 60.2 Å².